The number of allylic oxidation sites excluding steroid dienone is 1. The first-order valence-corrected chi connectivity index (χ1v) is 8.52. The Morgan fingerprint density at radius 1 is 1.07 bits per heavy atom. The quantitative estimate of drug-likeness (QED) is 0.315. The summed E-state index contributed by atoms with van der Waals surface area (Å²) in [6.45, 7) is 11.5. The van der Waals surface area contributed by atoms with E-state index in [1.807, 2.05) is 6.08 Å². The second-order valence-electron chi connectivity index (χ2n) is 3.88. The van der Waals surface area contributed by atoms with E-state index in [9.17, 15) is 0 Å². The summed E-state index contributed by atoms with van der Waals surface area (Å²) in [5.41, 5.74) is 0. The molecule has 0 amide bonds. The molecule has 2 heteroatoms. The van der Waals surface area contributed by atoms with E-state index in [-0.39, 0.29) is 0 Å². The van der Waals surface area contributed by atoms with Crippen molar-refractivity contribution in [2.24, 2.45) is 0 Å². The van der Waals surface area contributed by atoms with E-state index in [2.05, 4.69) is 27.4 Å². The lowest BCUT2D eigenvalue weighted by Gasteiger charge is -2.27. The van der Waals surface area contributed by atoms with Gasteiger partial charge in [-0.25, -0.2) is 0 Å². The summed E-state index contributed by atoms with van der Waals surface area (Å²) in [6.07, 6.45) is 5.54. The molecule has 0 fully saturated rings. The predicted molar refractivity (Wildman–Crippen MR) is 67.2 cm³/mol. The molecule has 0 N–H and O–H groups in total. The first-order valence-electron chi connectivity index (χ1n) is 5.99. The Kier molecular flexibility index (Phi) is 8.19. The van der Waals surface area contributed by atoms with E-state index in [1.54, 1.807) is 0 Å². The van der Waals surface area contributed by atoms with Crippen LogP contribution in [0, 0.1) is 0 Å². The second kappa shape index (κ2) is 8.24. The zero-order chi connectivity index (χ0) is 10.9. The van der Waals surface area contributed by atoms with E-state index in [0.717, 1.165) is 13.0 Å². The average Bonchev–Trinajstić information content (AvgIpc) is 2.24. The molecular weight excluding hydrogens is 188 g/mol. The van der Waals surface area contributed by atoms with Gasteiger partial charge in [0.15, 0.2) is 8.32 Å². The summed E-state index contributed by atoms with van der Waals surface area (Å²) < 4.78 is 6.13. The summed E-state index contributed by atoms with van der Waals surface area (Å²) in [5, 5.41) is 0. The van der Waals surface area contributed by atoms with Gasteiger partial charge in [-0.3, -0.25) is 0 Å². The number of rotatable bonds is 9. The molecule has 0 spiro atoms. The molecule has 0 aliphatic carbocycles. The van der Waals surface area contributed by atoms with Crippen LogP contribution in [0.1, 0.15) is 40.0 Å². The third-order valence-electron chi connectivity index (χ3n) is 3.14. The molecular formula is C12H26OSi. The lowest BCUT2D eigenvalue weighted by molar-refractivity contribution is 0.290. The molecule has 0 aromatic heterocycles. The normalized spacial score (nSPS) is 11.6. The van der Waals surface area contributed by atoms with Crippen molar-refractivity contribution in [3.05, 3.63) is 12.7 Å². The number of unbranched alkanes of at least 4 members (excludes halogenated alkanes) is 2. The van der Waals surface area contributed by atoms with Gasteiger partial charge in [0.1, 0.15) is 0 Å². The van der Waals surface area contributed by atoms with Gasteiger partial charge in [-0.05, 0) is 37.4 Å². The second-order valence-corrected chi connectivity index (χ2v) is 8.65. The molecule has 0 aliphatic heterocycles. The molecule has 0 atom stereocenters. The van der Waals surface area contributed by atoms with Gasteiger partial charge in [-0.2, -0.15) is 0 Å². The van der Waals surface area contributed by atoms with Crippen LogP contribution in [0.25, 0.3) is 0 Å². The highest BCUT2D eigenvalue weighted by Gasteiger charge is 2.27. The Morgan fingerprint density at radius 3 is 2.07 bits per heavy atom. The van der Waals surface area contributed by atoms with Crippen LogP contribution in [0.4, 0.5) is 0 Å². The van der Waals surface area contributed by atoms with Gasteiger partial charge >= 0.3 is 0 Å². The van der Waals surface area contributed by atoms with Gasteiger partial charge in [0.05, 0.1) is 0 Å². The topological polar surface area (TPSA) is 9.23 Å². The fourth-order valence-corrected chi connectivity index (χ4v) is 4.43. The van der Waals surface area contributed by atoms with Crippen LogP contribution in [0.3, 0.4) is 0 Å². The maximum atomic E-state index is 6.13. The van der Waals surface area contributed by atoms with E-state index < -0.39 is 8.32 Å². The maximum absolute atomic E-state index is 6.13. The van der Waals surface area contributed by atoms with Gasteiger partial charge in [0.25, 0.3) is 0 Å². The van der Waals surface area contributed by atoms with Crippen molar-refractivity contribution in [2.45, 2.75) is 58.2 Å². The first-order chi connectivity index (χ1) is 6.74. The standard InChI is InChI=1S/C12H26OSi/c1-5-9-10-11-12-13-14(6-2,7-3)8-4/h5H,1,6-12H2,2-4H3. The van der Waals surface area contributed by atoms with Crippen LogP contribution in [0.5, 0.6) is 0 Å². The fraction of sp³-hybridized carbons (Fsp3) is 0.833. The minimum absolute atomic E-state index is 0.968. The highest BCUT2D eigenvalue weighted by molar-refractivity contribution is 6.73. The Labute approximate surface area is 90.7 Å². The van der Waals surface area contributed by atoms with Crippen LogP contribution >= 0.6 is 0 Å². The largest absolute Gasteiger partial charge is 0.417 e. The van der Waals surface area contributed by atoms with Gasteiger partial charge in [0, 0.05) is 6.61 Å². The molecule has 0 rings (SSSR count). The monoisotopic (exact) mass is 214 g/mol. The number of hydrogen-bond donors (Lipinski definition) is 0. The summed E-state index contributed by atoms with van der Waals surface area (Å²) in [5.74, 6) is 0. The predicted octanol–water partition coefficient (Wildman–Crippen LogP) is 4.36. The zero-order valence-corrected chi connectivity index (χ0v) is 11.1. The Morgan fingerprint density at radius 2 is 1.64 bits per heavy atom. The van der Waals surface area contributed by atoms with Crippen molar-refractivity contribution in [1.82, 2.24) is 0 Å². The number of hydrogen-bond acceptors (Lipinski definition) is 1. The van der Waals surface area contributed by atoms with Gasteiger partial charge in [-0.1, -0.05) is 26.8 Å². The Hall–Kier alpha value is -0.0831. The average molecular weight is 214 g/mol. The van der Waals surface area contributed by atoms with Crippen LogP contribution in [0.15, 0.2) is 12.7 Å². The van der Waals surface area contributed by atoms with Crippen molar-refractivity contribution in [3.8, 4) is 0 Å². The molecule has 0 aliphatic rings. The van der Waals surface area contributed by atoms with Gasteiger partial charge < -0.3 is 4.43 Å². The van der Waals surface area contributed by atoms with Crippen molar-refractivity contribution in [2.75, 3.05) is 6.61 Å². The van der Waals surface area contributed by atoms with Crippen LogP contribution in [-0.2, 0) is 4.43 Å². The summed E-state index contributed by atoms with van der Waals surface area (Å²) >= 11 is 0. The molecule has 0 radical (unpaired) electrons. The fourth-order valence-electron chi connectivity index (χ4n) is 1.74. The van der Waals surface area contributed by atoms with Crippen molar-refractivity contribution < 1.29 is 4.43 Å². The third kappa shape index (κ3) is 4.96. The molecule has 1 nitrogen and oxygen atoms in total. The van der Waals surface area contributed by atoms with Crippen molar-refractivity contribution >= 4 is 8.32 Å². The first kappa shape index (κ1) is 13.9. The molecule has 14 heavy (non-hydrogen) atoms. The van der Waals surface area contributed by atoms with E-state index in [1.165, 1.54) is 31.0 Å². The summed E-state index contributed by atoms with van der Waals surface area (Å²) in [6, 6.07) is 3.80. The minimum Gasteiger partial charge on any atom is -0.417 e. The van der Waals surface area contributed by atoms with E-state index >= 15 is 0 Å². The van der Waals surface area contributed by atoms with Crippen LogP contribution in [0.2, 0.25) is 18.1 Å². The van der Waals surface area contributed by atoms with Gasteiger partial charge in [0.2, 0.25) is 0 Å². The highest BCUT2D eigenvalue weighted by atomic mass is 28.4. The Balaban J connectivity index is 3.65. The van der Waals surface area contributed by atoms with E-state index in [4.69, 9.17) is 4.43 Å². The summed E-state index contributed by atoms with van der Waals surface area (Å²) in [7, 11) is -1.30. The lowest BCUT2D eigenvalue weighted by atomic mass is 10.2. The molecule has 0 unspecified atom stereocenters. The maximum Gasteiger partial charge on any atom is 0.191 e. The SMILES string of the molecule is C=CCCCCO[Si](CC)(CC)CC. The lowest BCUT2D eigenvalue weighted by Crippen LogP contribution is -2.36. The van der Waals surface area contributed by atoms with Crippen molar-refractivity contribution in [3.63, 3.8) is 0 Å². The highest BCUT2D eigenvalue weighted by Crippen LogP contribution is 2.21. The molecule has 0 aromatic rings. The molecule has 0 saturated heterocycles. The third-order valence-corrected chi connectivity index (χ3v) is 7.83. The van der Waals surface area contributed by atoms with Crippen LogP contribution in [-0.4, -0.2) is 14.9 Å². The smallest absolute Gasteiger partial charge is 0.191 e. The van der Waals surface area contributed by atoms with E-state index in [0.29, 0.717) is 0 Å². The molecule has 84 valence electrons. The Bertz CT molecular complexity index is 133. The molecule has 0 heterocycles. The molecule has 0 aromatic carbocycles. The molecule has 0 bridgehead atoms. The van der Waals surface area contributed by atoms with Crippen LogP contribution < -0.4 is 0 Å². The molecule has 0 saturated carbocycles. The van der Waals surface area contributed by atoms with Gasteiger partial charge in [-0.15, -0.1) is 6.58 Å². The minimum atomic E-state index is -1.30. The zero-order valence-electron chi connectivity index (χ0n) is 10.1. The van der Waals surface area contributed by atoms with Crippen molar-refractivity contribution in [1.29, 1.82) is 0 Å². The summed E-state index contributed by atoms with van der Waals surface area (Å²) in [4.78, 5) is 0.